The van der Waals surface area contributed by atoms with Crippen LogP contribution in [0.15, 0.2) is 48.8 Å². The summed E-state index contributed by atoms with van der Waals surface area (Å²) in [5.41, 5.74) is 3.29. The number of urea groups is 1. The number of carbonyl (C=O) groups is 2. The van der Waals surface area contributed by atoms with Crippen LogP contribution in [0.3, 0.4) is 0 Å². The Morgan fingerprint density at radius 1 is 1.00 bits per heavy atom. The maximum atomic E-state index is 12.4. The van der Waals surface area contributed by atoms with Gasteiger partial charge in [0.2, 0.25) is 5.91 Å². The lowest BCUT2D eigenvalue weighted by atomic mass is 9.89. The van der Waals surface area contributed by atoms with Crippen molar-refractivity contribution in [3.63, 3.8) is 0 Å². The Bertz CT molecular complexity index is 839. The first-order valence-electron chi connectivity index (χ1n) is 10.5. The molecule has 3 amide bonds. The number of benzene rings is 1. The van der Waals surface area contributed by atoms with Crippen LogP contribution in [-0.4, -0.2) is 52.9 Å². The second-order valence-corrected chi connectivity index (χ2v) is 7.95. The number of carbonyl (C=O) groups excluding carboxylic acids is 2. The Labute approximate surface area is 171 Å². The molecule has 2 fully saturated rings. The van der Waals surface area contributed by atoms with Gasteiger partial charge in [-0.1, -0.05) is 25.1 Å². The predicted molar refractivity (Wildman–Crippen MR) is 113 cm³/mol. The first-order chi connectivity index (χ1) is 14.1. The van der Waals surface area contributed by atoms with Crippen molar-refractivity contribution >= 4 is 17.6 Å². The van der Waals surface area contributed by atoms with Gasteiger partial charge >= 0.3 is 6.03 Å². The smallest absolute Gasteiger partial charge is 0.321 e. The van der Waals surface area contributed by atoms with Crippen molar-refractivity contribution in [2.75, 3.05) is 31.5 Å². The predicted octanol–water partition coefficient (Wildman–Crippen LogP) is 3.83. The van der Waals surface area contributed by atoms with Crippen molar-refractivity contribution in [2.45, 2.75) is 38.0 Å². The van der Waals surface area contributed by atoms with E-state index >= 15 is 0 Å². The van der Waals surface area contributed by atoms with E-state index in [1.54, 1.807) is 6.20 Å². The molecule has 0 atom stereocenters. The number of piperidine rings is 1. The molecule has 0 saturated carbocycles. The fourth-order valence-electron chi connectivity index (χ4n) is 4.20. The molecule has 3 heterocycles. The normalized spacial score (nSPS) is 17.7. The van der Waals surface area contributed by atoms with Gasteiger partial charge in [0.25, 0.3) is 0 Å². The molecule has 6 heteroatoms. The van der Waals surface area contributed by atoms with E-state index in [-0.39, 0.29) is 11.9 Å². The molecule has 2 saturated heterocycles. The molecule has 2 aliphatic heterocycles. The highest BCUT2D eigenvalue weighted by Gasteiger charge is 2.31. The van der Waals surface area contributed by atoms with Gasteiger partial charge in [0.1, 0.15) is 0 Å². The highest BCUT2D eigenvalue weighted by Crippen LogP contribution is 2.30. The van der Waals surface area contributed by atoms with Gasteiger partial charge in [-0.05, 0) is 48.1 Å². The zero-order valence-electron chi connectivity index (χ0n) is 16.9. The molecule has 1 aromatic carbocycles. The zero-order valence-corrected chi connectivity index (χ0v) is 16.9. The van der Waals surface area contributed by atoms with Gasteiger partial charge in [-0.2, -0.15) is 0 Å². The quantitative estimate of drug-likeness (QED) is 0.860. The van der Waals surface area contributed by atoms with E-state index in [9.17, 15) is 9.59 Å². The third-order valence-corrected chi connectivity index (χ3v) is 6.11. The van der Waals surface area contributed by atoms with E-state index in [0.29, 0.717) is 18.3 Å². The van der Waals surface area contributed by atoms with Gasteiger partial charge < -0.3 is 15.1 Å². The lowest BCUT2D eigenvalue weighted by Gasteiger charge is -2.39. The number of amides is 3. The average molecular weight is 393 g/mol. The van der Waals surface area contributed by atoms with Gasteiger partial charge in [0.05, 0.1) is 0 Å². The number of nitrogens with zero attached hydrogens (tertiary/aromatic N) is 3. The van der Waals surface area contributed by atoms with E-state index in [1.807, 2.05) is 41.1 Å². The molecule has 6 nitrogen and oxygen atoms in total. The molecule has 1 aromatic heterocycles. The van der Waals surface area contributed by atoms with E-state index < -0.39 is 0 Å². The molecule has 29 heavy (non-hydrogen) atoms. The van der Waals surface area contributed by atoms with E-state index in [4.69, 9.17) is 0 Å². The molecule has 2 aromatic rings. The van der Waals surface area contributed by atoms with E-state index in [0.717, 1.165) is 44.7 Å². The van der Waals surface area contributed by atoms with Crippen molar-refractivity contribution in [2.24, 2.45) is 0 Å². The van der Waals surface area contributed by atoms with Crippen LogP contribution >= 0.6 is 0 Å². The summed E-state index contributed by atoms with van der Waals surface area (Å²) in [6, 6.07) is 12.1. The van der Waals surface area contributed by atoms with Gasteiger partial charge in [-0.15, -0.1) is 0 Å². The third-order valence-electron chi connectivity index (χ3n) is 6.11. The molecular formula is C23H28N4O2. The number of anilines is 1. The number of nitrogens with one attached hydrogen (secondary N) is 1. The number of rotatable bonds is 4. The average Bonchev–Trinajstić information content (AvgIpc) is 2.73. The second-order valence-electron chi connectivity index (χ2n) is 7.95. The Morgan fingerprint density at radius 3 is 2.34 bits per heavy atom. The largest absolute Gasteiger partial charge is 0.343 e. The van der Waals surface area contributed by atoms with Gasteiger partial charge in [0.15, 0.2) is 0 Å². The fraction of sp³-hybridized carbons (Fsp3) is 0.435. The van der Waals surface area contributed by atoms with Crippen LogP contribution in [0, 0.1) is 0 Å². The summed E-state index contributed by atoms with van der Waals surface area (Å²) in [5, 5.41) is 2.99. The number of aromatic nitrogens is 1. The SMILES string of the molecule is CCC(=O)N1CCC(c2ccc(NC(=O)N3CC(c4cccnc4)C3)cc2)CC1. The molecule has 0 aliphatic carbocycles. The summed E-state index contributed by atoms with van der Waals surface area (Å²) in [6.45, 7) is 5.04. The lowest BCUT2D eigenvalue weighted by molar-refractivity contribution is -0.131. The summed E-state index contributed by atoms with van der Waals surface area (Å²) in [7, 11) is 0. The van der Waals surface area contributed by atoms with Crippen LogP contribution in [-0.2, 0) is 4.79 Å². The van der Waals surface area contributed by atoms with Gasteiger partial charge in [-0.3, -0.25) is 9.78 Å². The zero-order chi connectivity index (χ0) is 20.2. The minimum Gasteiger partial charge on any atom is -0.343 e. The highest BCUT2D eigenvalue weighted by molar-refractivity contribution is 5.90. The maximum absolute atomic E-state index is 12.4. The van der Waals surface area contributed by atoms with Crippen molar-refractivity contribution < 1.29 is 9.59 Å². The van der Waals surface area contributed by atoms with E-state index in [1.165, 1.54) is 11.1 Å². The van der Waals surface area contributed by atoms with Crippen molar-refractivity contribution in [1.29, 1.82) is 0 Å². The van der Waals surface area contributed by atoms with Crippen LogP contribution < -0.4 is 5.32 Å². The summed E-state index contributed by atoms with van der Waals surface area (Å²) in [4.78, 5) is 32.2. The minimum atomic E-state index is -0.0516. The summed E-state index contributed by atoms with van der Waals surface area (Å²) >= 11 is 0. The number of likely N-dealkylation sites (tertiary alicyclic amines) is 2. The van der Waals surface area contributed by atoms with Crippen molar-refractivity contribution in [1.82, 2.24) is 14.8 Å². The summed E-state index contributed by atoms with van der Waals surface area (Å²) in [5.74, 6) is 1.11. The maximum Gasteiger partial charge on any atom is 0.321 e. The van der Waals surface area contributed by atoms with Gasteiger partial charge in [-0.25, -0.2) is 4.79 Å². The molecule has 0 radical (unpaired) electrons. The Hall–Kier alpha value is -2.89. The molecule has 4 rings (SSSR count). The third kappa shape index (κ3) is 4.42. The molecule has 0 spiro atoms. The lowest BCUT2D eigenvalue weighted by Crippen LogP contribution is -2.50. The molecule has 1 N–H and O–H groups in total. The first kappa shape index (κ1) is 19.4. The second kappa shape index (κ2) is 8.64. The summed E-state index contributed by atoms with van der Waals surface area (Å²) in [6.07, 6.45) is 6.23. The van der Waals surface area contributed by atoms with Gasteiger partial charge in [0, 0.05) is 56.6 Å². The molecule has 2 aliphatic rings. The van der Waals surface area contributed by atoms with Crippen LogP contribution in [0.5, 0.6) is 0 Å². The highest BCUT2D eigenvalue weighted by atomic mass is 16.2. The molecular weight excluding hydrogens is 364 g/mol. The Kier molecular flexibility index (Phi) is 5.79. The van der Waals surface area contributed by atoms with Crippen LogP contribution in [0.25, 0.3) is 0 Å². The minimum absolute atomic E-state index is 0.0516. The van der Waals surface area contributed by atoms with Crippen molar-refractivity contribution in [3.8, 4) is 0 Å². The monoisotopic (exact) mass is 392 g/mol. The Morgan fingerprint density at radius 2 is 1.72 bits per heavy atom. The van der Waals surface area contributed by atoms with Crippen LogP contribution in [0.4, 0.5) is 10.5 Å². The number of hydrogen-bond donors (Lipinski definition) is 1. The molecule has 0 unspecified atom stereocenters. The van der Waals surface area contributed by atoms with Crippen LogP contribution in [0.2, 0.25) is 0 Å². The molecule has 152 valence electrons. The summed E-state index contributed by atoms with van der Waals surface area (Å²) < 4.78 is 0. The standard InChI is InChI=1S/C23H28N4O2/c1-2-22(28)26-12-9-18(10-13-26)17-5-7-21(8-6-17)25-23(29)27-15-20(16-27)19-4-3-11-24-14-19/h3-8,11,14,18,20H,2,9-10,12-13,15-16H2,1H3,(H,25,29). The van der Waals surface area contributed by atoms with E-state index in [2.05, 4.69) is 28.5 Å². The number of pyridine rings is 1. The number of hydrogen-bond acceptors (Lipinski definition) is 3. The topological polar surface area (TPSA) is 65.5 Å². The van der Waals surface area contributed by atoms with Crippen molar-refractivity contribution in [3.05, 3.63) is 59.9 Å². The Balaban J connectivity index is 1.26. The molecule has 0 bridgehead atoms. The first-order valence-corrected chi connectivity index (χ1v) is 10.5. The fourth-order valence-corrected chi connectivity index (χ4v) is 4.20. The van der Waals surface area contributed by atoms with Crippen LogP contribution in [0.1, 0.15) is 49.1 Å².